The molecule has 0 bridgehead atoms. The third-order valence-electron chi connectivity index (χ3n) is 8.13. The number of hydroxylamine groups is 1. The molecule has 1 unspecified atom stereocenters. The second-order valence-corrected chi connectivity index (χ2v) is 12.2. The van der Waals surface area contributed by atoms with Crippen LogP contribution in [-0.4, -0.2) is 76.7 Å². The molecule has 7 nitrogen and oxygen atoms in total. The summed E-state index contributed by atoms with van der Waals surface area (Å²) in [5.74, 6) is 0. The number of nitrogens with zero attached hydrogens (tertiary/aromatic N) is 1. The zero-order valence-corrected chi connectivity index (χ0v) is 35.5. The summed E-state index contributed by atoms with van der Waals surface area (Å²) < 4.78 is 5.55. The summed E-state index contributed by atoms with van der Waals surface area (Å²) >= 11 is 0. The van der Waals surface area contributed by atoms with Crippen LogP contribution in [0.1, 0.15) is 44.7 Å². The van der Waals surface area contributed by atoms with Gasteiger partial charge in [0.05, 0.1) is 25.0 Å². The van der Waals surface area contributed by atoms with Crippen LogP contribution in [0.5, 0.6) is 0 Å². The van der Waals surface area contributed by atoms with Gasteiger partial charge in [-0.15, -0.1) is 0 Å². The van der Waals surface area contributed by atoms with Crippen molar-refractivity contribution in [1.29, 1.82) is 0 Å². The fraction of sp³-hybridized carbons (Fsp3) is 0.333. The molecular formula is C45H60BrMgN3O4. The van der Waals surface area contributed by atoms with Crippen LogP contribution in [0.2, 0.25) is 0 Å². The van der Waals surface area contributed by atoms with Crippen molar-refractivity contribution in [2.24, 2.45) is 0 Å². The first-order valence-electron chi connectivity index (χ1n) is 18.5. The van der Waals surface area contributed by atoms with E-state index in [2.05, 4.69) is 59.2 Å². The fourth-order valence-corrected chi connectivity index (χ4v) is 5.15. The number of benzene rings is 5. The monoisotopic (exact) mass is 809 g/mol. The Morgan fingerprint density at radius 3 is 1.48 bits per heavy atom. The Labute approximate surface area is 353 Å². The number of rotatable bonds is 15. The quantitative estimate of drug-likeness (QED) is 0.0511. The zero-order valence-electron chi connectivity index (χ0n) is 33.5. The van der Waals surface area contributed by atoms with Gasteiger partial charge in [0, 0.05) is 39.1 Å². The van der Waals surface area contributed by atoms with Crippen LogP contribution in [0.3, 0.4) is 0 Å². The first-order valence-corrected chi connectivity index (χ1v) is 18.5. The predicted octanol–water partition coefficient (Wildman–Crippen LogP) is 7.02. The van der Waals surface area contributed by atoms with E-state index >= 15 is 0 Å². The molecule has 288 valence electrons. The van der Waals surface area contributed by atoms with E-state index < -0.39 is 0 Å². The van der Waals surface area contributed by atoms with E-state index in [1.54, 1.807) is 0 Å². The van der Waals surface area contributed by atoms with Crippen molar-refractivity contribution in [2.75, 3.05) is 63.3 Å². The summed E-state index contributed by atoms with van der Waals surface area (Å²) in [5, 5.41) is 7.88. The van der Waals surface area contributed by atoms with Crippen LogP contribution in [0, 0.1) is 0 Å². The Morgan fingerprint density at radius 2 is 1.06 bits per heavy atom. The molecule has 1 heterocycles. The van der Waals surface area contributed by atoms with Crippen molar-refractivity contribution >= 4 is 40.1 Å². The van der Waals surface area contributed by atoms with E-state index in [0.29, 0.717) is 13.2 Å². The Hall–Kier alpha value is -3.41. The molecule has 9 heteroatoms. The van der Waals surface area contributed by atoms with Gasteiger partial charge in [0.15, 0.2) is 0 Å². The zero-order chi connectivity index (χ0) is 36.7. The number of aryl methyl sites for hydroxylation is 2. The van der Waals surface area contributed by atoms with Gasteiger partial charge in [-0.3, -0.25) is 9.90 Å². The molecule has 1 aliphatic heterocycles. The van der Waals surface area contributed by atoms with Crippen molar-refractivity contribution in [3.63, 3.8) is 0 Å². The summed E-state index contributed by atoms with van der Waals surface area (Å²) in [6.07, 6.45) is 7.83. The van der Waals surface area contributed by atoms with Crippen molar-refractivity contribution in [1.82, 2.24) is 0 Å². The number of hydrogen-bond acceptors (Lipinski definition) is 7. The van der Waals surface area contributed by atoms with Gasteiger partial charge in [0.1, 0.15) is 6.61 Å². The van der Waals surface area contributed by atoms with Crippen molar-refractivity contribution in [3.8, 4) is 0 Å². The molecule has 5 aromatic carbocycles. The maximum absolute atomic E-state index is 5.68. The van der Waals surface area contributed by atoms with Crippen LogP contribution >= 0.6 is 0 Å². The number of ether oxygens (including phenoxy) is 1. The van der Waals surface area contributed by atoms with Crippen molar-refractivity contribution in [2.45, 2.75) is 51.0 Å². The molecule has 1 atom stereocenters. The number of para-hydroxylation sites is 3. The maximum Gasteiger partial charge on any atom is 2.00 e. The predicted molar refractivity (Wildman–Crippen MR) is 225 cm³/mol. The minimum atomic E-state index is 0. The van der Waals surface area contributed by atoms with Crippen LogP contribution < -0.4 is 32.7 Å². The van der Waals surface area contributed by atoms with Gasteiger partial charge in [-0.05, 0) is 92.5 Å². The molecule has 2 N–H and O–H groups in total. The third kappa shape index (κ3) is 23.4. The second kappa shape index (κ2) is 33.0. The van der Waals surface area contributed by atoms with E-state index in [1.165, 1.54) is 24.0 Å². The van der Waals surface area contributed by atoms with Crippen LogP contribution in [0.4, 0.5) is 17.1 Å². The van der Waals surface area contributed by atoms with E-state index in [-0.39, 0.29) is 47.6 Å². The Morgan fingerprint density at radius 1 is 0.611 bits per heavy atom. The summed E-state index contributed by atoms with van der Waals surface area (Å²) in [6, 6.07) is 51.2. The average molecular weight is 811 g/mol. The minimum Gasteiger partial charge on any atom is -1.00 e. The van der Waals surface area contributed by atoms with Crippen LogP contribution in [-0.2, 0) is 32.2 Å². The van der Waals surface area contributed by atoms with Crippen molar-refractivity contribution < 1.29 is 37.8 Å². The molecule has 0 aliphatic carbocycles. The molecule has 0 radical (unpaired) electrons. The topological polar surface area (TPSA) is 64.2 Å². The van der Waals surface area contributed by atoms with Gasteiger partial charge < -0.3 is 33.8 Å². The van der Waals surface area contributed by atoms with Gasteiger partial charge in [0.2, 0.25) is 0 Å². The smallest absolute Gasteiger partial charge is 1.00 e. The minimum absolute atomic E-state index is 0. The molecule has 0 spiro atoms. The van der Waals surface area contributed by atoms with Crippen LogP contribution in [0.15, 0.2) is 152 Å². The molecule has 54 heavy (non-hydrogen) atoms. The first-order chi connectivity index (χ1) is 25.7. The molecule has 1 aliphatic rings. The van der Waals surface area contributed by atoms with E-state index in [4.69, 9.17) is 19.3 Å². The largest absolute Gasteiger partial charge is 2.00 e. The van der Waals surface area contributed by atoms with Crippen LogP contribution in [0.25, 0.3) is 0 Å². The van der Waals surface area contributed by atoms with E-state index in [0.717, 1.165) is 62.4 Å². The summed E-state index contributed by atoms with van der Waals surface area (Å²) in [5.41, 5.74) is 6.11. The van der Waals surface area contributed by atoms with Crippen molar-refractivity contribution in [3.05, 3.63) is 163 Å². The van der Waals surface area contributed by atoms with Gasteiger partial charge in [0.25, 0.3) is 0 Å². The molecule has 1 fully saturated rings. The molecule has 1 saturated heterocycles. The number of halogens is 1. The van der Waals surface area contributed by atoms with E-state index in [9.17, 15) is 0 Å². The summed E-state index contributed by atoms with van der Waals surface area (Å²) in [6.45, 7) is 2.80. The van der Waals surface area contributed by atoms with Gasteiger partial charge in [-0.25, -0.2) is 9.78 Å². The normalized spacial score (nSPS) is 12.6. The standard InChI is InChI=1S/C16H19NO.C15H22O3.2C7H9N.BrH.Mg.H/c1-17(16-12-6-3-7-13-16)18-14-8-11-15-9-4-2-5-10-15;1-2-7-14(8-3-1)9-6-12-17-18-13-15-10-4-5-11-16-15;2*1-8-7-5-3-2-4-6-7;;;/h2-7,9-10,12-13H,8,11,14H2,1H3;1-3,7-8,15H,4-6,9-13H2;2*2-6,8H,1H3;1H;;/q;;;;;+2;-1/p-1. The van der Waals surface area contributed by atoms with Gasteiger partial charge >= 0.3 is 23.1 Å². The number of hydrogen-bond donors (Lipinski definition) is 2. The van der Waals surface area contributed by atoms with Gasteiger partial charge in [-0.1, -0.05) is 115 Å². The number of nitrogens with one attached hydrogen (secondary N) is 2. The van der Waals surface area contributed by atoms with Gasteiger partial charge in [-0.2, -0.15) is 0 Å². The molecule has 0 aromatic heterocycles. The summed E-state index contributed by atoms with van der Waals surface area (Å²) in [7, 11) is 5.77. The number of anilines is 3. The Kier molecular flexibility index (Phi) is 29.7. The molecule has 6 rings (SSSR count). The molecule has 5 aromatic rings. The Bertz CT molecular complexity index is 1470. The molecule has 0 saturated carbocycles. The molecular weight excluding hydrogens is 751 g/mol. The fourth-order valence-electron chi connectivity index (χ4n) is 5.15. The maximum atomic E-state index is 5.68. The summed E-state index contributed by atoms with van der Waals surface area (Å²) in [4.78, 5) is 16.0. The Balaban J connectivity index is 0.000000738. The first kappa shape index (κ1) is 48.6. The van der Waals surface area contributed by atoms with E-state index in [1.807, 2.05) is 129 Å². The molecule has 0 amide bonds. The SMILES string of the molecule is CN(OCCCc1ccccc1)c1ccccc1.CNc1ccccc1.CNc1ccccc1.[Br-].[H-].[Mg+2].c1ccc(CCCOOCC2CCCCO2)cc1. The third-order valence-corrected chi connectivity index (χ3v) is 8.13. The second-order valence-electron chi connectivity index (χ2n) is 12.2. The average Bonchev–Trinajstić information content (AvgIpc) is 3.23.